The lowest BCUT2D eigenvalue weighted by molar-refractivity contribution is 0.879. The minimum absolute atomic E-state index is 0.923. The summed E-state index contributed by atoms with van der Waals surface area (Å²) in [6.45, 7) is 0.923. The van der Waals surface area contributed by atoms with Gasteiger partial charge in [0.25, 0.3) is 0 Å². The van der Waals surface area contributed by atoms with Gasteiger partial charge in [0.05, 0.1) is 5.69 Å². The Labute approximate surface area is 118 Å². The predicted octanol–water partition coefficient (Wildman–Crippen LogP) is 2.92. The van der Waals surface area contributed by atoms with Crippen LogP contribution in [0, 0.1) is 0 Å². The van der Waals surface area contributed by atoms with E-state index in [1.54, 1.807) is 11.0 Å². The summed E-state index contributed by atoms with van der Waals surface area (Å²) in [6, 6.07) is 18.7. The van der Waals surface area contributed by atoms with E-state index in [2.05, 4.69) is 51.8 Å². The van der Waals surface area contributed by atoms with E-state index in [9.17, 15) is 0 Å². The lowest BCUT2D eigenvalue weighted by atomic mass is 10.1. The van der Waals surface area contributed by atoms with E-state index in [-0.39, 0.29) is 0 Å². The van der Waals surface area contributed by atoms with E-state index in [1.807, 2.05) is 18.2 Å². The molecule has 0 aliphatic carbocycles. The molecule has 20 heavy (non-hydrogen) atoms. The van der Waals surface area contributed by atoms with Crippen molar-refractivity contribution in [3.8, 4) is 5.69 Å². The third-order valence-electron chi connectivity index (χ3n) is 3.14. The maximum atomic E-state index is 4.10. The van der Waals surface area contributed by atoms with Gasteiger partial charge < -0.3 is 5.32 Å². The lowest BCUT2D eigenvalue weighted by Crippen LogP contribution is -2.04. The molecule has 3 rings (SSSR count). The van der Waals surface area contributed by atoms with Gasteiger partial charge in [-0.05, 0) is 36.2 Å². The monoisotopic (exact) mass is 264 g/mol. The van der Waals surface area contributed by atoms with Crippen LogP contribution in [0.4, 0.5) is 5.69 Å². The maximum absolute atomic E-state index is 4.10. The molecule has 0 fully saturated rings. The molecule has 2 aromatic carbocycles. The van der Waals surface area contributed by atoms with Gasteiger partial charge in [-0.15, -0.1) is 0 Å². The molecule has 0 bridgehead atoms. The molecule has 0 aliphatic heterocycles. The number of anilines is 1. The first-order valence-electron chi connectivity index (χ1n) is 6.65. The number of aromatic nitrogens is 3. The number of hydrogen-bond acceptors (Lipinski definition) is 3. The molecule has 0 radical (unpaired) electrons. The van der Waals surface area contributed by atoms with Crippen molar-refractivity contribution < 1.29 is 0 Å². The van der Waals surface area contributed by atoms with Crippen molar-refractivity contribution in [2.45, 2.75) is 6.42 Å². The fraction of sp³-hybridized carbons (Fsp3) is 0.125. The van der Waals surface area contributed by atoms with Gasteiger partial charge in [-0.2, -0.15) is 5.10 Å². The second-order valence-electron chi connectivity index (χ2n) is 4.55. The fourth-order valence-electron chi connectivity index (χ4n) is 2.07. The summed E-state index contributed by atoms with van der Waals surface area (Å²) in [4.78, 5) is 3.94. The molecule has 3 aromatic rings. The van der Waals surface area contributed by atoms with Gasteiger partial charge in [0, 0.05) is 12.2 Å². The smallest absolute Gasteiger partial charge is 0.138 e. The Morgan fingerprint density at radius 3 is 2.45 bits per heavy atom. The van der Waals surface area contributed by atoms with Gasteiger partial charge in [0.1, 0.15) is 12.7 Å². The van der Waals surface area contributed by atoms with Crippen LogP contribution in [-0.2, 0) is 6.42 Å². The molecule has 0 saturated carbocycles. The van der Waals surface area contributed by atoms with Gasteiger partial charge in [-0.1, -0.05) is 30.3 Å². The zero-order valence-electron chi connectivity index (χ0n) is 11.1. The molecule has 1 heterocycles. The summed E-state index contributed by atoms with van der Waals surface area (Å²) in [5.74, 6) is 0. The van der Waals surface area contributed by atoms with Crippen LogP contribution < -0.4 is 5.32 Å². The van der Waals surface area contributed by atoms with Crippen LogP contribution in [0.3, 0.4) is 0 Å². The molecule has 0 spiro atoms. The number of benzene rings is 2. The molecule has 1 N–H and O–H groups in total. The van der Waals surface area contributed by atoms with E-state index < -0.39 is 0 Å². The number of nitrogens with zero attached hydrogens (tertiary/aromatic N) is 3. The van der Waals surface area contributed by atoms with Crippen molar-refractivity contribution in [1.29, 1.82) is 0 Å². The molecule has 0 saturated heterocycles. The second kappa shape index (κ2) is 6.02. The number of rotatable bonds is 5. The largest absolute Gasteiger partial charge is 0.385 e. The second-order valence-corrected chi connectivity index (χ2v) is 4.55. The van der Waals surface area contributed by atoms with E-state index in [0.717, 1.165) is 24.3 Å². The topological polar surface area (TPSA) is 42.7 Å². The average Bonchev–Trinajstić information content (AvgIpc) is 3.03. The fourth-order valence-corrected chi connectivity index (χ4v) is 2.07. The van der Waals surface area contributed by atoms with Gasteiger partial charge in [0.15, 0.2) is 0 Å². The molecule has 1 aromatic heterocycles. The standard InChI is InChI=1S/C16H16N4/c1-2-4-14(5-3-1)10-11-18-15-6-8-16(9-7-15)20-13-17-12-19-20/h1-9,12-13,18H,10-11H2. The Morgan fingerprint density at radius 1 is 0.950 bits per heavy atom. The normalized spacial score (nSPS) is 10.4. The molecule has 0 atom stereocenters. The molecular formula is C16H16N4. The van der Waals surface area contributed by atoms with Crippen molar-refractivity contribution in [3.63, 3.8) is 0 Å². The van der Waals surface area contributed by atoms with E-state index in [1.165, 1.54) is 11.9 Å². The third kappa shape index (κ3) is 3.03. The molecular weight excluding hydrogens is 248 g/mol. The van der Waals surface area contributed by atoms with Crippen molar-refractivity contribution in [2.24, 2.45) is 0 Å². The highest BCUT2D eigenvalue weighted by molar-refractivity contribution is 5.48. The lowest BCUT2D eigenvalue weighted by Gasteiger charge is -2.07. The van der Waals surface area contributed by atoms with E-state index in [0.29, 0.717) is 0 Å². The summed E-state index contributed by atoms with van der Waals surface area (Å²) in [6.07, 6.45) is 4.25. The van der Waals surface area contributed by atoms with E-state index in [4.69, 9.17) is 0 Å². The Hall–Kier alpha value is -2.62. The first-order valence-corrected chi connectivity index (χ1v) is 6.65. The summed E-state index contributed by atoms with van der Waals surface area (Å²) < 4.78 is 1.74. The van der Waals surface area contributed by atoms with Crippen LogP contribution >= 0.6 is 0 Å². The molecule has 4 nitrogen and oxygen atoms in total. The third-order valence-corrected chi connectivity index (χ3v) is 3.14. The van der Waals surface area contributed by atoms with Crippen LogP contribution in [0.25, 0.3) is 5.69 Å². The van der Waals surface area contributed by atoms with Crippen LogP contribution in [-0.4, -0.2) is 21.3 Å². The Morgan fingerprint density at radius 2 is 1.75 bits per heavy atom. The van der Waals surface area contributed by atoms with Crippen molar-refractivity contribution >= 4 is 5.69 Å². The van der Waals surface area contributed by atoms with Crippen LogP contribution in [0.5, 0.6) is 0 Å². The molecule has 0 amide bonds. The minimum Gasteiger partial charge on any atom is -0.385 e. The summed E-state index contributed by atoms with van der Waals surface area (Å²) in [7, 11) is 0. The Kier molecular flexibility index (Phi) is 3.73. The van der Waals surface area contributed by atoms with Gasteiger partial charge in [-0.3, -0.25) is 0 Å². The highest BCUT2D eigenvalue weighted by Crippen LogP contribution is 2.12. The minimum atomic E-state index is 0.923. The first-order chi connectivity index (χ1) is 9.92. The zero-order valence-corrected chi connectivity index (χ0v) is 11.1. The number of nitrogens with one attached hydrogen (secondary N) is 1. The summed E-state index contributed by atoms with van der Waals surface area (Å²) in [5.41, 5.74) is 3.47. The predicted molar refractivity (Wildman–Crippen MR) is 80.0 cm³/mol. The van der Waals surface area contributed by atoms with Gasteiger partial charge >= 0.3 is 0 Å². The Bertz CT molecular complexity index is 630. The SMILES string of the molecule is c1ccc(CCNc2ccc(-n3cncn3)cc2)cc1. The summed E-state index contributed by atoms with van der Waals surface area (Å²) in [5, 5.41) is 7.52. The van der Waals surface area contributed by atoms with Gasteiger partial charge in [-0.25, -0.2) is 9.67 Å². The Balaban J connectivity index is 1.56. The highest BCUT2D eigenvalue weighted by Gasteiger charge is 1.97. The molecule has 0 unspecified atom stereocenters. The van der Waals surface area contributed by atoms with Crippen LogP contribution in [0.1, 0.15) is 5.56 Å². The van der Waals surface area contributed by atoms with Crippen LogP contribution in [0.2, 0.25) is 0 Å². The average molecular weight is 264 g/mol. The highest BCUT2D eigenvalue weighted by atomic mass is 15.3. The van der Waals surface area contributed by atoms with Crippen molar-refractivity contribution in [3.05, 3.63) is 72.8 Å². The molecule has 4 heteroatoms. The zero-order chi connectivity index (χ0) is 13.6. The van der Waals surface area contributed by atoms with E-state index >= 15 is 0 Å². The first kappa shape index (κ1) is 12.4. The van der Waals surface area contributed by atoms with Crippen molar-refractivity contribution in [1.82, 2.24) is 14.8 Å². The maximum Gasteiger partial charge on any atom is 0.138 e. The molecule has 0 aliphatic rings. The number of hydrogen-bond donors (Lipinski definition) is 1. The molecule has 100 valence electrons. The summed E-state index contributed by atoms with van der Waals surface area (Å²) >= 11 is 0. The van der Waals surface area contributed by atoms with Crippen LogP contribution in [0.15, 0.2) is 67.3 Å². The quantitative estimate of drug-likeness (QED) is 0.770. The van der Waals surface area contributed by atoms with Crippen molar-refractivity contribution in [2.75, 3.05) is 11.9 Å². The van der Waals surface area contributed by atoms with Gasteiger partial charge in [0.2, 0.25) is 0 Å².